The zero-order valence-corrected chi connectivity index (χ0v) is 74.1. The van der Waals surface area contributed by atoms with Gasteiger partial charge in [-0.3, -0.25) is 9.59 Å². The predicted octanol–water partition coefficient (Wildman–Crippen LogP) is -22.6. The number of aliphatic hydroxyl groups is 33. The Bertz CT molecular complexity index is 3880. The minimum Gasteiger partial charge on any atom is -0.462 e. The number of benzene rings is 1. The van der Waals surface area contributed by atoms with Gasteiger partial charge in [0.15, 0.2) is 62.9 Å². The van der Waals surface area contributed by atoms with Gasteiger partial charge in [-0.1, -0.05) is 26.0 Å². The van der Waals surface area contributed by atoms with Crippen LogP contribution in [0, 0.1) is 5.41 Å². The molecule has 56 unspecified atom stereocenters. The summed E-state index contributed by atoms with van der Waals surface area (Å²) in [6.45, 7) is -8.44. The van der Waals surface area contributed by atoms with Gasteiger partial charge in [0.05, 0.1) is 78.1 Å². The van der Waals surface area contributed by atoms with Crippen LogP contribution < -0.4 is 10.1 Å². The molecule has 34 N–H and O–H groups in total. The first-order valence-electron chi connectivity index (χ1n) is 44.6. The van der Waals surface area contributed by atoms with Gasteiger partial charge in [-0.2, -0.15) is 0 Å². The maximum atomic E-state index is 12.4. The number of ether oxygens (including phenoxy) is 23. The highest BCUT2D eigenvalue weighted by Crippen LogP contribution is 2.43. The summed E-state index contributed by atoms with van der Waals surface area (Å²) in [7, 11) is 1.16. The molecule has 800 valence electrons. The van der Waals surface area contributed by atoms with E-state index in [4.69, 9.17) is 109 Å². The van der Waals surface area contributed by atoms with Crippen LogP contribution in [0.2, 0.25) is 0 Å². The van der Waals surface area contributed by atoms with E-state index in [1.807, 2.05) is 0 Å². The zero-order valence-electron chi connectivity index (χ0n) is 74.1. The van der Waals surface area contributed by atoms with E-state index in [1.54, 1.807) is 26.0 Å². The summed E-state index contributed by atoms with van der Waals surface area (Å²) in [6.07, 6.45) is -111. The lowest BCUT2D eigenvalue weighted by molar-refractivity contribution is -0.401. The molecule has 0 saturated carbocycles. The van der Waals surface area contributed by atoms with E-state index in [2.05, 4.69) is 5.32 Å². The van der Waals surface area contributed by atoms with E-state index >= 15 is 0 Å². The topological polar surface area (TPSA) is 926 Å². The van der Waals surface area contributed by atoms with Crippen molar-refractivity contribution in [3.8, 4) is 5.75 Å². The fourth-order valence-corrected chi connectivity index (χ4v) is 18.6. The molecule has 0 aliphatic carbocycles. The molecule has 0 aromatic heterocycles. The normalized spacial score (nSPS) is 50.1. The van der Waals surface area contributed by atoms with Gasteiger partial charge in [-0.15, -0.1) is 0 Å². The van der Waals surface area contributed by atoms with Gasteiger partial charge in [0.1, 0.15) is 274 Å². The van der Waals surface area contributed by atoms with Crippen molar-refractivity contribution in [3.63, 3.8) is 0 Å². The van der Waals surface area contributed by atoms with Crippen LogP contribution in [0.4, 0.5) is 0 Å². The molecule has 12 aliphatic rings. The molecule has 139 heavy (non-hydrogen) atoms. The molecule has 12 fully saturated rings. The SMILES string of the molecule is COC1C(CO)OC(OC2C(CO)OC(OC3C(CO)OC(OC4C(CO)OC(OC5C(CO)OC(OC6C(CO)OC(OC7C(CO)OC(OC8C(CO)OC(OC9C(CO)OC(OC%10C(CO)OC(OC%11C(CO)OC(Oc%12ccc(CC%13NC(=O)C(=O)C%13(C)C)cc%12)C(O)C%11O)C(O)C%10O)C(O)C9O)C(O)C8O)C(O)C7O)C(O)C6O)C(O)C5O)C(O)C4O)C(O)C3O)C(O)C2O)C(O)C1O. The molecule has 13 rings (SSSR count). The number of Topliss-reactive ketones (excluding diaryl/α,β-unsaturated/α-hetero) is 1. The third-order valence-electron chi connectivity index (χ3n) is 26.8. The zero-order chi connectivity index (χ0) is 101. The second-order valence-electron chi connectivity index (χ2n) is 36.0. The summed E-state index contributed by atoms with van der Waals surface area (Å²) >= 11 is 0. The fourth-order valence-electron chi connectivity index (χ4n) is 18.6. The first-order chi connectivity index (χ1) is 66.0. The Morgan fingerprint density at radius 3 is 0.561 bits per heavy atom. The molecule has 1 amide bonds. The number of hydrogen-bond acceptors (Lipinski definition) is 58. The average molecular weight is 2030 g/mol. The number of aliphatic hydroxyl groups excluding tert-OH is 33. The average Bonchev–Trinajstić information content (AvgIpc) is 1.65. The first kappa shape index (κ1) is 112. The lowest BCUT2D eigenvalue weighted by Gasteiger charge is -2.50. The lowest BCUT2D eigenvalue weighted by Crippen LogP contribution is -2.68. The summed E-state index contributed by atoms with van der Waals surface area (Å²) < 4.78 is 131. The van der Waals surface area contributed by atoms with Crippen LogP contribution in [0.3, 0.4) is 0 Å². The molecule has 12 heterocycles. The number of nitrogens with one attached hydrogen (secondary N) is 1. The molecule has 12 aliphatic heterocycles. The Balaban J connectivity index is 0.561. The molecule has 0 bridgehead atoms. The van der Waals surface area contributed by atoms with Gasteiger partial charge >= 0.3 is 0 Å². The van der Waals surface area contributed by atoms with Crippen molar-refractivity contribution < 1.29 is 287 Å². The van der Waals surface area contributed by atoms with E-state index in [0.29, 0.717) is 5.56 Å². The Morgan fingerprint density at radius 1 is 0.245 bits per heavy atom. The van der Waals surface area contributed by atoms with Crippen molar-refractivity contribution in [2.75, 3.05) is 79.8 Å². The van der Waals surface area contributed by atoms with Crippen LogP contribution >= 0.6 is 0 Å². The van der Waals surface area contributed by atoms with Crippen LogP contribution in [-0.2, 0) is 120 Å². The van der Waals surface area contributed by atoms with Crippen molar-refractivity contribution in [2.24, 2.45) is 5.41 Å². The molecular weight excluding hydrogens is 1900 g/mol. The van der Waals surface area contributed by atoms with Gasteiger partial charge in [0, 0.05) is 13.2 Å². The smallest absolute Gasteiger partial charge is 0.288 e. The number of rotatable bonds is 36. The minimum atomic E-state index is -2.35. The van der Waals surface area contributed by atoms with Crippen molar-refractivity contribution in [3.05, 3.63) is 29.8 Å². The summed E-state index contributed by atoms with van der Waals surface area (Å²) in [5.74, 6) is -1.16. The van der Waals surface area contributed by atoms with Crippen molar-refractivity contribution in [2.45, 2.75) is 364 Å². The molecule has 0 spiro atoms. The van der Waals surface area contributed by atoms with Gasteiger partial charge in [-0.25, -0.2) is 0 Å². The molecule has 0 radical (unpaired) electrons. The predicted molar refractivity (Wildman–Crippen MR) is 426 cm³/mol. The van der Waals surface area contributed by atoms with E-state index < -0.39 is 434 Å². The minimum absolute atomic E-state index is 0.105. The maximum Gasteiger partial charge on any atom is 0.288 e. The molecular formula is C80H127NO58. The van der Waals surface area contributed by atoms with Gasteiger partial charge in [0.2, 0.25) is 12.1 Å². The van der Waals surface area contributed by atoms with E-state index in [0.717, 1.165) is 7.11 Å². The van der Waals surface area contributed by atoms with Gasteiger partial charge in [-0.05, 0) is 24.1 Å². The van der Waals surface area contributed by atoms with Crippen molar-refractivity contribution >= 4 is 11.7 Å². The van der Waals surface area contributed by atoms with E-state index in [1.165, 1.54) is 12.1 Å². The first-order valence-corrected chi connectivity index (χ1v) is 44.6. The number of carbonyl (C=O) groups excluding carboxylic acids is 2. The summed E-state index contributed by atoms with van der Waals surface area (Å²) in [5, 5.41) is 368. The molecule has 56 atom stereocenters. The number of carbonyl (C=O) groups is 2. The monoisotopic (exact) mass is 2030 g/mol. The fraction of sp³-hybridized carbons (Fsp3) is 0.900. The van der Waals surface area contributed by atoms with Crippen LogP contribution in [0.15, 0.2) is 24.3 Å². The number of amides is 1. The van der Waals surface area contributed by atoms with E-state index in [-0.39, 0.29) is 12.2 Å². The number of hydrogen-bond donors (Lipinski definition) is 34. The largest absolute Gasteiger partial charge is 0.462 e. The van der Waals surface area contributed by atoms with Crippen LogP contribution in [0.5, 0.6) is 5.75 Å². The van der Waals surface area contributed by atoms with Crippen LogP contribution in [0.25, 0.3) is 0 Å². The summed E-state index contributed by atoms with van der Waals surface area (Å²) in [4.78, 5) is 24.4. The maximum absolute atomic E-state index is 12.4. The highest BCUT2D eigenvalue weighted by Gasteiger charge is 2.63. The Hall–Kier alpha value is -4.04. The second-order valence-corrected chi connectivity index (χ2v) is 36.0. The highest BCUT2D eigenvalue weighted by atomic mass is 16.8. The lowest BCUT2D eigenvalue weighted by atomic mass is 9.81. The van der Waals surface area contributed by atoms with Crippen molar-refractivity contribution in [1.29, 1.82) is 0 Å². The number of methoxy groups -OCH3 is 1. The summed E-state index contributed by atoms with van der Waals surface area (Å²) in [6, 6.07) is 5.68. The molecule has 12 saturated heterocycles. The van der Waals surface area contributed by atoms with Crippen molar-refractivity contribution in [1.82, 2.24) is 5.32 Å². The standard InChI is InChI=1S/C80H127NO58/c1-80(2)33(81-68(116)67(80)115)8-20-4-6-21(7-5-20)118-69-46(105)35(94)57(23(10-83)120-69)131-71-48(107)37(96)59(25(12-85)122-71)133-73-50(109)39(98)61(27(14-87)124-73)135-75-52(111)41(100)63(29(16-89)126-75)137-77-54(113)43(102)65(31(18-91)128-77)139-79-55(114)44(103)66(32(19-92)129-79)138-78-53(112)42(101)64(30(17-90)127-78)136-76-51(110)40(99)62(28(15-88)125-76)134-74-49(108)38(97)60(26(13-86)123-74)132-72-47(106)36(95)58(24(11-84)121-72)130-70-45(104)34(93)56(117-3)22(9-82)119-70/h4-7,22-66,69-79,82-114H,8-19H2,1-3H3,(H,81,116). The van der Waals surface area contributed by atoms with Crippen LogP contribution in [0.1, 0.15) is 19.4 Å². The Kier molecular flexibility index (Phi) is 38.8. The molecule has 1 aromatic rings. The Labute approximate surface area is 786 Å². The third-order valence-corrected chi connectivity index (χ3v) is 26.8. The van der Waals surface area contributed by atoms with Gasteiger partial charge < -0.3 is 283 Å². The number of ketones is 1. The highest BCUT2D eigenvalue weighted by molar-refractivity contribution is 6.40. The Morgan fingerprint density at radius 2 is 0.403 bits per heavy atom. The quantitative estimate of drug-likeness (QED) is 0.0277. The molecule has 59 nitrogen and oxygen atoms in total. The summed E-state index contributed by atoms with van der Waals surface area (Å²) in [5.41, 5.74) is -0.296. The van der Waals surface area contributed by atoms with Crippen LogP contribution in [-0.4, -0.2) is 604 Å². The third kappa shape index (κ3) is 23.1. The molecule has 1 aromatic carbocycles. The van der Waals surface area contributed by atoms with Gasteiger partial charge in [0.25, 0.3) is 5.91 Å². The second kappa shape index (κ2) is 48.1. The molecule has 59 heteroatoms. The van der Waals surface area contributed by atoms with E-state index in [9.17, 15) is 178 Å².